The standard InChI is InChI=1S/C31H45N5O6/c1-7-35(5)28-16-21(15-27(34-28)33-23-9-8-10-23)29(38)32-17-26(37)25-14-20-11-12-24(41-19-40-6)13-22(20)18-36(25)30(39)42-31(2,3)4/h11-13,15-16,23,25-26,37H,7-10,14,17-19H2,1-6H3,(H,32,38)(H,33,34)/t25-,26+/m0/s1. The van der Waals surface area contributed by atoms with Crippen LogP contribution < -0.4 is 20.3 Å². The number of aliphatic hydroxyl groups excluding tert-OH is 1. The van der Waals surface area contributed by atoms with Gasteiger partial charge >= 0.3 is 6.09 Å². The number of carbonyl (C=O) groups excluding carboxylic acids is 2. The van der Waals surface area contributed by atoms with Gasteiger partial charge < -0.3 is 34.9 Å². The van der Waals surface area contributed by atoms with E-state index >= 15 is 0 Å². The molecule has 0 bridgehead atoms. The van der Waals surface area contributed by atoms with Crippen LogP contribution in [-0.4, -0.2) is 84.8 Å². The molecule has 2 amide bonds. The summed E-state index contributed by atoms with van der Waals surface area (Å²) in [4.78, 5) is 34.8. The van der Waals surface area contributed by atoms with E-state index in [1.54, 1.807) is 40.0 Å². The Hall–Kier alpha value is -3.57. The van der Waals surface area contributed by atoms with Crippen molar-refractivity contribution in [2.75, 3.05) is 44.3 Å². The maximum Gasteiger partial charge on any atom is 0.410 e. The Labute approximate surface area is 248 Å². The molecule has 2 atom stereocenters. The lowest BCUT2D eigenvalue weighted by atomic mass is 9.91. The lowest BCUT2D eigenvalue weighted by Crippen LogP contribution is -2.54. The van der Waals surface area contributed by atoms with E-state index in [4.69, 9.17) is 19.2 Å². The number of fused-ring (bicyclic) bond motifs is 1. The SMILES string of the molecule is CCN(C)c1cc(C(=O)NC[C@@H](O)[C@@H]2Cc3ccc(OCOC)cc3CN2C(=O)OC(C)(C)C)cc(NC2CCC2)n1. The summed E-state index contributed by atoms with van der Waals surface area (Å²) in [7, 11) is 3.48. The Morgan fingerprint density at radius 2 is 1.95 bits per heavy atom. The van der Waals surface area contributed by atoms with Gasteiger partial charge in [-0.15, -0.1) is 0 Å². The summed E-state index contributed by atoms with van der Waals surface area (Å²) in [6, 6.07) is 8.92. The van der Waals surface area contributed by atoms with Gasteiger partial charge in [-0.3, -0.25) is 9.69 Å². The van der Waals surface area contributed by atoms with Crippen LogP contribution in [0.25, 0.3) is 0 Å². The second kappa shape index (κ2) is 13.6. The van der Waals surface area contributed by atoms with Crippen molar-refractivity contribution in [3.05, 3.63) is 47.0 Å². The third kappa shape index (κ3) is 8.04. The third-order valence-electron chi connectivity index (χ3n) is 7.63. The molecule has 3 N–H and O–H groups in total. The topological polar surface area (TPSA) is 125 Å². The minimum absolute atomic E-state index is 0.0418. The van der Waals surface area contributed by atoms with E-state index < -0.39 is 23.8 Å². The number of amides is 2. The Kier molecular flexibility index (Phi) is 10.2. The predicted molar refractivity (Wildman–Crippen MR) is 161 cm³/mol. The summed E-state index contributed by atoms with van der Waals surface area (Å²) >= 11 is 0. The summed E-state index contributed by atoms with van der Waals surface area (Å²) in [5.41, 5.74) is 1.64. The quantitative estimate of drug-likeness (QED) is 0.337. The molecular weight excluding hydrogens is 538 g/mol. The van der Waals surface area contributed by atoms with E-state index in [-0.39, 0.29) is 25.8 Å². The van der Waals surface area contributed by atoms with Crippen LogP contribution in [0.2, 0.25) is 0 Å². The first-order valence-corrected chi connectivity index (χ1v) is 14.7. The molecule has 4 rings (SSSR count). The fourth-order valence-electron chi connectivity index (χ4n) is 4.94. The van der Waals surface area contributed by atoms with Gasteiger partial charge in [-0.05, 0) is 88.8 Å². The summed E-state index contributed by atoms with van der Waals surface area (Å²) in [5, 5.41) is 17.6. The molecule has 1 aromatic heterocycles. The third-order valence-corrected chi connectivity index (χ3v) is 7.63. The lowest BCUT2D eigenvalue weighted by molar-refractivity contribution is -0.0114. The second-order valence-corrected chi connectivity index (χ2v) is 12.0. The highest BCUT2D eigenvalue weighted by atomic mass is 16.7. The Balaban J connectivity index is 1.50. The number of carbonyl (C=O) groups is 2. The van der Waals surface area contributed by atoms with Gasteiger partial charge in [-0.1, -0.05) is 6.07 Å². The van der Waals surface area contributed by atoms with E-state index in [1.165, 1.54) is 11.3 Å². The van der Waals surface area contributed by atoms with Gasteiger partial charge in [0.15, 0.2) is 6.79 Å². The van der Waals surface area contributed by atoms with Gasteiger partial charge in [0, 0.05) is 45.4 Å². The number of anilines is 2. The number of ether oxygens (including phenoxy) is 3. The molecule has 0 unspecified atom stereocenters. The average molecular weight is 584 g/mol. The first kappa shape index (κ1) is 31.4. The minimum atomic E-state index is -1.04. The number of pyridine rings is 1. The molecule has 2 aliphatic rings. The van der Waals surface area contributed by atoms with Crippen molar-refractivity contribution in [2.45, 2.75) is 83.7 Å². The van der Waals surface area contributed by atoms with Crippen LogP contribution >= 0.6 is 0 Å². The first-order chi connectivity index (χ1) is 20.0. The minimum Gasteiger partial charge on any atom is -0.468 e. The molecule has 0 saturated heterocycles. The van der Waals surface area contributed by atoms with Gasteiger partial charge in [0.05, 0.1) is 12.1 Å². The summed E-state index contributed by atoms with van der Waals surface area (Å²) in [5.74, 6) is 1.67. The van der Waals surface area contributed by atoms with Crippen LogP contribution in [0.1, 0.15) is 68.4 Å². The van der Waals surface area contributed by atoms with Crippen LogP contribution in [-0.2, 0) is 22.4 Å². The summed E-state index contributed by atoms with van der Waals surface area (Å²) in [6.07, 6.45) is 2.19. The lowest BCUT2D eigenvalue weighted by Gasteiger charge is -2.40. The molecule has 1 aliphatic carbocycles. The van der Waals surface area contributed by atoms with E-state index in [0.29, 0.717) is 35.4 Å². The van der Waals surface area contributed by atoms with E-state index in [1.807, 2.05) is 37.1 Å². The normalized spacial score (nSPS) is 17.5. The average Bonchev–Trinajstić information content (AvgIpc) is 2.94. The highest BCUT2D eigenvalue weighted by Crippen LogP contribution is 2.30. The van der Waals surface area contributed by atoms with Crippen molar-refractivity contribution in [2.24, 2.45) is 0 Å². The number of nitrogens with one attached hydrogen (secondary N) is 2. The molecular formula is C31H45N5O6. The van der Waals surface area contributed by atoms with Crippen LogP contribution in [0.15, 0.2) is 30.3 Å². The smallest absolute Gasteiger partial charge is 0.410 e. The van der Waals surface area contributed by atoms with Gasteiger partial charge in [0.25, 0.3) is 5.91 Å². The number of hydrogen-bond acceptors (Lipinski definition) is 9. The van der Waals surface area contributed by atoms with E-state index in [2.05, 4.69) is 10.6 Å². The van der Waals surface area contributed by atoms with Crippen molar-refractivity contribution in [3.8, 4) is 5.75 Å². The molecule has 0 spiro atoms. The first-order valence-electron chi connectivity index (χ1n) is 14.7. The number of methoxy groups -OCH3 is 1. The van der Waals surface area contributed by atoms with Gasteiger partial charge in [-0.2, -0.15) is 0 Å². The number of nitrogens with zero attached hydrogens (tertiary/aromatic N) is 3. The molecule has 0 radical (unpaired) electrons. The molecule has 1 saturated carbocycles. The largest absolute Gasteiger partial charge is 0.468 e. The zero-order valence-electron chi connectivity index (χ0n) is 25.6. The Bertz CT molecular complexity index is 1240. The number of aromatic nitrogens is 1. The summed E-state index contributed by atoms with van der Waals surface area (Å²) in [6.45, 7) is 8.48. The fourth-order valence-corrected chi connectivity index (χ4v) is 4.94. The molecule has 42 heavy (non-hydrogen) atoms. The van der Waals surface area contributed by atoms with Crippen molar-refractivity contribution >= 4 is 23.6 Å². The van der Waals surface area contributed by atoms with Crippen LogP contribution in [0.4, 0.5) is 16.4 Å². The molecule has 1 aliphatic heterocycles. The van der Waals surface area contributed by atoms with Gasteiger partial charge in [-0.25, -0.2) is 9.78 Å². The maximum absolute atomic E-state index is 13.3. The van der Waals surface area contributed by atoms with E-state index in [9.17, 15) is 14.7 Å². The fraction of sp³-hybridized carbons (Fsp3) is 0.581. The Morgan fingerprint density at radius 3 is 2.60 bits per heavy atom. The molecule has 230 valence electrons. The van der Waals surface area contributed by atoms with Crippen molar-refractivity contribution in [3.63, 3.8) is 0 Å². The zero-order valence-corrected chi connectivity index (χ0v) is 25.6. The molecule has 2 heterocycles. The van der Waals surface area contributed by atoms with Crippen LogP contribution in [0, 0.1) is 0 Å². The van der Waals surface area contributed by atoms with Gasteiger partial charge in [0.2, 0.25) is 0 Å². The molecule has 2 aromatic rings. The molecule has 1 aromatic carbocycles. The number of rotatable bonds is 11. The molecule has 11 nitrogen and oxygen atoms in total. The predicted octanol–water partition coefficient (Wildman–Crippen LogP) is 3.94. The monoisotopic (exact) mass is 583 g/mol. The maximum atomic E-state index is 13.3. The molecule has 1 fully saturated rings. The summed E-state index contributed by atoms with van der Waals surface area (Å²) < 4.78 is 16.3. The highest BCUT2D eigenvalue weighted by Gasteiger charge is 2.37. The zero-order chi connectivity index (χ0) is 30.4. The van der Waals surface area contributed by atoms with Crippen LogP contribution in [0.5, 0.6) is 5.75 Å². The highest BCUT2D eigenvalue weighted by molar-refractivity contribution is 5.95. The van der Waals surface area contributed by atoms with Gasteiger partial charge in [0.1, 0.15) is 23.0 Å². The second-order valence-electron chi connectivity index (χ2n) is 12.0. The number of benzene rings is 1. The van der Waals surface area contributed by atoms with Crippen molar-refractivity contribution in [1.82, 2.24) is 15.2 Å². The number of aliphatic hydroxyl groups is 1. The van der Waals surface area contributed by atoms with Crippen molar-refractivity contribution in [1.29, 1.82) is 0 Å². The Morgan fingerprint density at radius 1 is 1.19 bits per heavy atom. The molecule has 11 heteroatoms. The van der Waals surface area contributed by atoms with E-state index in [0.717, 1.165) is 30.5 Å². The van der Waals surface area contributed by atoms with Crippen molar-refractivity contribution < 1.29 is 28.9 Å². The van der Waals surface area contributed by atoms with Crippen LogP contribution in [0.3, 0.4) is 0 Å². The number of hydrogen-bond donors (Lipinski definition) is 3.